The predicted molar refractivity (Wildman–Crippen MR) is 178 cm³/mol. The molecule has 0 aliphatic heterocycles. The standard InChI is InChI=1S/C36H36ClN3O4/c1-7-43-32-16-24(5)30(19-29(32)22(2)3)35-39-31-11-9-8-10-28(31)36(41)40(35)38-20-26-17-27(37)18-33(42-6)34(26)44-21-25-14-12-23(4)13-15-25/h8-20,22H,7,21H2,1-6H3. The SMILES string of the molecule is CCOc1cc(C)c(-c2nc3ccccc3c(=O)n2N=Cc2cc(Cl)cc(OC)c2OCc2ccc(C)cc2)cc1C(C)C. The number of benzene rings is 4. The maximum Gasteiger partial charge on any atom is 0.282 e. The van der Waals surface area contributed by atoms with E-state index in [9.17, 15) is 4.79 Å². The second-order valence-corrected chi connectivity index (χ2v) is 11.3. The van der Waals surface area contributed by atoms with E-state index in [0.717, 1.165) is 28.0 Å². The van der Waals surface area contributed by atoms with Crippen LogP contribution in [0.5, 0.6) is 17.2 Å². The Labute approximate surface area is 262 Å². The first-order valence-corrected chi connectivity index (χ1v) is 15.0. The first-order chi connectivity index (χ1) is 21.2. The molecule has 0 atom stereocenters. The number of aryl methyl sites for hydroxylation is 2. The van der Waals surface area contributed by atoms with Gasteiger partial charge in [-0.15, -0.1) is 0 Å². The van der Waals surface area contributed by atoms with Gasteiger partial charge in [0.05, 0.1) is 30.8 Å². The van der Waals surface area contributed by atoms with Gasteiger partial charge in [-0.2, -0.15) is 9.78 Å². The molecule has 1 aromatic heterocycles. The zero-order valence-corrected chi connectivity index (χ0v) is 26.6. The third kappa shape index (κ3) is 6.48. The number of ether oxygens (including phenoxy) is 3. The maximum atomic E-state index is 14.0. The van der Waals surface area contributed by atoms with E-state index in [1.165, 1.54) is 10.2 Å². The summed E-state index contributed by atoms with van der Waals surface area (Å²) in [4.78, 5) is 18.9. The molecule has 44 heavy (non-hydrogen) atoms. The predicted octanol–water partition coefficient (Wildman–Crippen LogP) is 8.33. The smallest absolute Gasteiger partial charge is 0.282 e. The van der Waals surface area contributed by atoms with Crippen molar-refractivity contribution in [2.24, 2.45) is 5.10 Å². The fourth-order valence-corrected chi connectivity index (χ4v) is 5.24. The van der Waals surface area contributed by atoms with Gasteiger partial charge in [-0.25, -0.2) is 4.98 Å². The van der Waals surface area contributed by atoms with Crippen molar-refractivity contribution in [2.75, 3.05) is 13.7 Å². The van der Waals surface area contributed by atoms with E-state index in [4.69, 9.17) is 35.9 Å². The monoisotopic (exact) mass is 609 g/mol. The lowest BCUT2D eigenvalue weighted by Gasteiger charge is -2.18. The van der Waals surface area contributed by atoms with E-state index in [2.05, 4.69) is 13.8 Å². The first kappa shape index (κ1) is 30.8. The van der Waals surface area contributed by atoms with Crippen molar-refractivity contribution in [2.45, 2.75) is 47.1 Å². The van der Waals surface area contributed by atoms with Crippen molar-refractivity contribution in [1.29, 1.82) is 0 Å². The number of aromatic nitrogens is 2. The maximum absolute atomic E-state index is 14.0. The van der Waals surface area contributed by atoms with Crippen LogP contribution in [0.25, 0.3) is 22.3 Å². The highest BCUT2D eigenvalue weighted by Crippen LogP contribution is 2.36. The largest absolute Gasteiger partial charge is 0.494 e. The molecular formula is C36H36ClN3O4. The Morgan fingerprint density at radius 1 is 0.977 bits per heavy atom. The van der Waals surface area contributed by atoms with Gasteiger partial charge in [0.1, 0.15) is 12.4 Å². The molecule has 0 bridgehead atoms. The molecule has 5 rings (SSSR count). The minimum absolute atomic E-state index is 0.187. The van der Waals surface area contributed by atoms with Crippen molar-refractivity contribution < 1.29 is 14.2 Å². The normalized spacial score (nSPS) is 11.5. The van der Waals surface area contributed by atoms with Gasteiger partial charge in [0.15, 0.2) is 17.3 Å². The molecule has 0 fully saturated rings. The Morgan fingerprint density at radius 3 is 2.43 bits per heavy atom. The molecule has 0 amide bonds. The average Bonchev–Trinajstić information content (AvgIpc) is 3.00. The summed E-state index contributed by atoms with van der Waals surface area (Å²) in [6.07, 6.45) is 1.56. The number of hydrogen-bond acceptors (Lipinski definition) is 6. The first-order valence-electron chi connectivity index (χ1n) is 14.6. The summed E-state index contributed by atoms with van der Waals surface area (Å²) in [5.41, 5.74) is 5.74. The number of nitrogens with zero attached hydrogens (tertiary/aromatic N) is 3. The molecule has 0 saturated carbocycles. The molecule has 4 aromatic carbocycles. The van der Waals surface area contributed by atoms with Crippen LogP contribution >= 0.6 is 11.6 Å². The zero-order valence-electron chi connectivity index (χ0n) is 25.8. The van der Waals surface area contributed by atoms with E-state index in [-0.39, 0.29) is 11.5 Å². The Balaban J connectivity index is 1.67. The van der Waals surface area contributed by atoms with Crippen LogP contribution in [0.1, 0.15) is 54.5 Å². The number of hydrogen-bond donors (Lipinski definition) is 0. The van der Waals surface area contributed by atoms with Crippen LogP contribution in [-0.2, 0) is 6.61 Å². The highest BCUT2D eigenvalue weighted by atomic mass is 35.5. The summed E-state index contributed by atoms with van der Waals surface area (Å²) in [5, 5.41) is 5.61. The van der Waals surface area contributed by atoms with Gasteiger partial charge < -0.3 is 14.2 Å². The third-order valence-corrected chi connectivity index (χ3v) is 7.58. The number of rotatable bonds is 10. The van der Waals surface area contributed by atoms with Crippen molar-refractivity contribution >= 4 is 28.7 Å². The summed E-state index contributed by atoms with van der Waals surface area (Å²) in [7, 11) is 1.56. The summed E-state index contributed by atoms with van der Waals surface area (Å²) < 4.78 is 19.2. The van der Waals surface area contributed by atoms with Crippen molar-refractivity contribution in [3.8, 4) is 28.6 Å². The topological polar surface area (TPSA) is 74.9 Å². The van der Waals surface area contributed by atoms with Crippen molar-refractivity contribution in [3.63, 3.8) is 0 Å². The van der Waals surface area contributed by atoms with Gasteiger partial charge in [0.2, 0.25) is 0 Å². The van der Waals surface area contributed by atoms with Crippen LogP contribution < -0.4 is 19.8 Å². The summed E-state index contributed by atoms with van der Waals surface area (Å²) in [6.45, 7) is 11.1. The van der Waals surface area contributed by atoms with E-state index in [1.807, 2.05) is 75.4 Å². The van der Waals surface area contributed by atoms with Gasteiger partial charge in [-0.1, -0.05) is 67.4 Å². The molecule has 0 N–H and O–H groups in total. The van der Waals surface area contributed by atoms with E-state index in [1.54, 1.807) is 31.5 Å². The Bertz CT molecular complexity index is 1900. The minimum Gasteiger partial charge on any atom is -0.494 e. The average molecular weight is 610 g/mol. The number of halogens is 1. The second kappa shape index (κ2) is 13.3. The lowest BCUT2D eigenvalue weighted by Crippen LogP contribution is -2.21. The molecule has 8 heteroatoms. The Kier molecular flexibility index (Phi) is 9.35. The van der Waals surface area contributed by atoms with E-state index >= 15 is 0 Å². The van der Waals surface area contributed by atoms with Gasteiger partial charge in [0.25, 0.3) is 5.56 Å². The van der Waals surface area contributed by atoms with Crippen LogP contribution in [0, 0.1) is 13.8 Å². The lowest BCUT2D eigenvalue weighted by molar-refractivity contribution is 0.284. The Morgan fingerprint density at radius 2 is 1.73 bits per heavy atom. The fraction of sp³-hybridized carbons (Fsp3) is 0.250. The van der Waals surface area contributed by atoms with Gasteiger partial charge >= 0.3 is 0 Å². The molecule has 0 aliphatic rings. The summed E-state index contributed by atoms with van der Waals surface area (Å²) >= 11 is 6.47. The van der Waals surface area contributed by atoms with Crippen LogP contribution in [-0.4, -0.2) is 29.6 Å². The van der Waals surface area contributed by atoms with E-state index < -0.39 is 0 Å². The van der Waals surface area contributed by atoms with Crippen LogP contribution in [0.2, 0.25) is 5.02 Å². The fourth-order valence-electron chi connectivity index (χ4n) is 5.03. The molecule has 0 spiro atoms. The number of fused-ring (bicyclic) bond motifs is 1. The van der Waals surface area contributed by atoms with Crippen molar-refractivity contribution in [3.05, 3.63) is 116 Å². The molecule has 0 saturated heterocycles. The molecular weight excluding hydrogens is 574 g/mol. The summed E-state index contributed by atoms with van der Waals surface area (Å²) in [6, 6.07) is 22.8. The van der Waals surface area contributed by atoms with Gasteiger partial charge in [0, 0.05) is 22.2 Å². The number of para-hydroxylation sites is 1. The van der Waals surface area contributed by atoms with Crippen LogP contribution in [0.15, 0.2) is 82.7 Å². The van der Waals surface area contributed by atoms with Crippen LogP contribution in [0.4, 0.5) is 0 Å². The zero-order chi connectivity index (χ0) is 31.4. The second-order valence-electron chi connectivity index (χ2n) is 10.9. The van der Waals surface area contributed by atoms with E-state index in [0.29, 0.717) is 52.0 Å². The summed E-state index contributed by atoms with van der Waals surface area (Å²) in [5.74, 6) is 2.35. The third-order valence-electron chi connectivity index (χ3n) is 7.36. The Hall–Kier alpha value is -4.62. The van der Waals surface area contributed by atoms with Crippen molar-refractivity contribution in [1.82, 2.24) is 9.66 Å². The quantitative estimate of drug-likeness (QED) is 0.149. The van der Waals surface area contributed by atoms with Gasteiger partial charge in [-0.3, -0.25) is 4.79 Å². The molecule has 0 unspecified atom stereocenters. The molecule has 0 aliphatic carbocycles. The molecule has 5 aromatic rings. The molecule has 226 valence electrons. The van der Waals surface area contributed by atoms with Crippen LogP contribution in [0.3, 0.4) is 0 Å². The molecule has 0 radical (unpaired) electrons. The van der Waals surface area contributed by atoms with Gasteiger partial charge in [-0.05, 0) is 73.7 Å². The highest BCUT2D eigenvalue weighted by molar-refractivity contribution is 6.31. The minimum atomic E-state index is -0.294. The number of methoxy groups -OCH3 is 1. The molecule has 7 nitrogen and oxygen atoms in total. The lowest BCUT2D eigenvalue weighted by atomic mass is 9.96. The molecule has 1 heterocycles. The highest BCUT2D eigenvalue weighted by Gasteiger charge is 2.19.